The maximum absolute atomic E-state index is 5.43. The molecule has 1 rings (SSSR count). The molecule has 1 saturated heterocycles. The monoisotopic (exact) mass is 187 g/mol. The highest BCUT2D eigenvalue weighted by Gasteiger charge is 2.25. The Morgan fingerprint density at radius 3 is 2.85 bits per heavy atom. The summed E-state index contributed by atoms with van der Waals surface area (Å²) >= 11 is 0. The third-order valence-corrected chi connectivity index (χ3v) is 2.81. The van der Waals surface area contributed by atoms with Crippen LogP contribution in [0.3, 0.4) is 0 Å². The van der Waals surface area contributed by atoms with Crippen molar-refractivity contribution < 1.29 is 9.47 Å². The number of piperidine rings is 1. The van der Waals surface area contributed by atoms with Crippen LogP contribution in [0.25, 0.3) is 0 Å². The Hall–Kier alpha value is -0.120. The zero-order chi connectivity index (χ0) is 9.68. The summed E-state index contributed by atoms with van der Waals surface area (Å²) in [7, 11) is 3.55. The Morgan fingerprint density at radius 2 is 2.23 bits per heavy atom. The molecular weight excluding hydrogens is 166 g/mol. The van der Waals surface area contributed by atoms with Crippen LogP contribution in [0.15, 0.2) is 0 Å². The number of nitrogens with one attached hydrogen (secondary N) is 1. The molecule has 1 aliphatic heterocycles. The first-order valence-corrected chi connectivity index (χ1v) is 5.07. The molecule has 0 aromatic heterocycles. The van der Waals surface area contributed by atoms with Gasteiger partial charge in [-0.25, -0.2) is 0 Å². The molecule has 3 unspecified atom stereocenters. The molecule has 0 aliphatic carbocycles. The summed E-state index contributed by atoms with van der Waals surface area (Å²) in [5.74, 6) is 0. The fraction of sp³-hybridized carbons (Fsp3) is 1.00. The lowest BCUT2D eigenvalue weighted by molar-refractivity contribution is 0.0179. The van der Waals surface area contributed by atoms with Crippen LogP contribution in [0, 0.1) is 0 Å². The molecule has 3 heteroatoms. The van der Waals surface area contributed by atoms with Gasteiger partial charge in [-0.3, -0.25) is 0 Å². The first-order valence-electron chi connectivity index (χ1n) is 5.07. The summed E-state index contributed by atoms with van der Waals surface area (Å²) in [5, 5.41) is 3.48. The summed E-state index contributed by atoms with van der Waals surface area (Å²) < 4.78 is 10.7. The van der Waals surface area contributed by atoms with Crippen LogP contribution in [-0.4, -0.2) is 39.0 Å². The Kier molecular flexibility index (Phi) is 4.70. The molecule has 3 nitrogen and oxygen atoms in total. The lowest BCUT2D eigenvalue weighted by Gasteiger charge is -2.32. The average Bonchev–Trinajstić information content (AvgIpc) is 2.18. The molecule has 0 spiro atoms. The second-order valence-electron chi connectivity index (χ2n) is 3.76. The summed E-state index contributed by atoms with van der Waals surface area (Å²) in [6.07, 6.45) is 4.11. The predicted octanol–water partition coefficient (Wildman–Crippen LogP) is 1.18. The van der Waals surface area contributed by atoms with Crippen LogP contribution in [0.5, 0.6) is 0 Å². The molecule has 1 heterocycles. The fourth-order valence-electron chi connectivity index (χ4n) is 1.89. The van der Waals surface area contributed by atoms with Gasteiger partial charge in [0.05, 0.1) is 12.2 Å². The van der Waals surface area contributed by atoms with E-state index < -0.39 is 0 Å². The van der Waals surface area contributed by atoms with Crippen LogP contribution in [0.2, 0.25) is 0 Å². The zero-order valence-electron chi connectivity index (χ0n) is 8.88. The van der Waals surface area contributed by atoms with E-state index in [1.165, 1.54) is 12.8 Å². The minimum absolute atomic E-state index is 0.313. The van der Waals surface area contributed by atoms with E-state index in [-0.39, 0.29) is 0 Å². The van der Waals surface area contributed by atoms with E-state index >= 15 is 0 Å². The van der Waals surface area contributed by atoms with Gasteiger partial charge in [-0.2, -0.15) is 0 Å². The lowest BCUT2D eigenvalue weighted by Crippen LogP contribution is -2.47. The van der Waals surface area contributed by atoms with E-state index in [2.05, 4.69) is 12.2 Å². The van der Waals surface area contributed by atoms with E-state index in [1.807, 2.05) is 0 Å². The highest BCUT2D eigenvalue weighted by atomic mass is 16.5. The van der Waals surface area contributed by atoms with Gasteiger partial charge in [0.1, 0.15) is 0 Å². The van der Waals surface area contributed by atoms with E-state index in [0.717, 1.165) is 13.0 Å². The van der Waals surface area contributed by atoms with Gasteiger partial charge in [-0.05, 0) is 32.7 Å². The summed E-state index contributed by atoms with van der Waals surface area (Å²) in [6, 6.07) is 0.466. The number of hydrogen-bond acceptors (Lipinski definition) is 3. The quantitative estimate of drug-likeness (QED) is 0.717. The van der Waals surface area contributed by atoms with E-state index in [9.17, 15) is 0 Å². The molecule has 0 amide bonds. The van der Waals surface area contributed by atoms with Crippen molar-refractivity contribution in [2.75, 3.05) is 20.8 Å². The van der Waals surface area contributed by atoms with Gasteiger partial charge in [0.15, 0.2) is 0 Å². The van der Waals surface area contributed by atoms with E-state index in [4.69, 9.17) is 9.47 Å². The van der Waals surface area contributed by atoms with Gasteiger partial charge in [-0.1, -0.05) is 0 Å². The standard InChI is InChI=1S/C10H21NO2/c1-8(12-2)7-9-10(13-3)5-4-6-11-9/h8-11H,4-7H2,1-3H3. The fourth-order valence-corrected chi connectivity index (χ4v) is 1.89. The number of rotatable bonds is 4. The van der Waals surface area contributed by atoms with E-state index in [1.54, 1.807) is 14.2 Å². The van der Waals surface area contributed by atoms with Crippen molar-refractivity contribution in [3.63, 3.8) is 0 Å². The molecule has 13 heavy (non-hydrogen) atoms. The minimum Gasteiger partial charge on any atom is -0.382 e. The van der Waals surface area contributed by atoms with Crippen molar-refractivity contribution in [1.82, 2.24) is 5.32 Å². The highest BCUT2D eigenvalue weighted by molar-refractivity contribution is 4.83. The van der Waals surface area contributed by atoms with Crippen molar-refractivity contribution in [3.8, 4) is 0 Å². The average molecular weight is 187 g/mol. The topological polar surface area (TPSA) is 30.5 Å². The summed E-state index contributed by atoms with van der Waals surface area (Å²) in [5.41, 5.74) is 0. The molecule has 3 atom stereocenters. The van der Waals surface area contributed by atoms with Crippen LogP contribution in [-0.2, 0) is 9.47 Å². The van der Waals surface area contributed by atoms with Crippen molar-refractivity contribution in [2.24, 2.45) is 0 Å². The van der Waals surface area contributed by atoms with Gasteiger partial charge >= 0.3 is 0 Å². The third kappa shape index (κ3) is 3.25. The molecule has 0 saturated carbocycles. The first kappa shape index (κ1) is 11.0. The molecule has 0 aromatic carbocycles. The SMILES string of the molecule is COC(C)CC1NCCCC1OC. The van der Waals surface area contributed by atoms with Gasteiger partial charge in [-0.15, -0.1) is 0 Å². The summed E-state index contributed by atoms with van der Waals surface area (Å²) in [4.78, 5) is 0. The van der Waals surface area contributed by atoms with Crippen LogP contribution < -0.4 is 5.32 Å². The van der Waals surface area contributed by atoms with Crippen LogP contribution in [0.1, 0.15) is 26.2 Å². The zero-order valence-corrected chi connectivity index (χ0v) is 8.88. The molecule has 0 radical (unpaired) electrons. The maximum atomic E-state index is 5.43. The molecule has 78 valence electrons. The molecule has 0 aromatic rings. The molecule has 0 bridgehead atoms. The molecule has 1 fully saturated rings. The minimum atomic E-state index is 0.313. The second kappa shape index (κ2) is 5.58. The highest BCUT2D eigenvalue weighted by Crippen LogP contribution is 2.16. The second-order valence-corrected chi connectivity index (χ2v) is 3.76. The Balaban J connectivity index is 2.35. The Morgan fingerprint density at radius 1 is 1.46 bits per heavy atom. The maximum Gasteiger partial charge on any atom is 0.0725 e. The Labute approximate surface area is 80.8 Å². The lowest BCUT2D eigenvalue weighted by atomic mass is 9.96. The number of ether oxygens (including phenoxy) is 2. The van der Waals surface area contributed by atoms with E-state index in [0.29, 0.717) is 18.2 Å². The van der Waals surface area contributed by atoms with Gasteiger partial charge < -0.3 is 14.8 Å². The van der Waals surface area contributed by atoms with Gasteiger partial charge in [0, 0.05) is 20.3 Å². The first-order chi connectivity index (χ1) is 6.27. The molecule has 1 N–H and O–H groups in total. The molecular formula is C10H21NO2. The van der Waals surface area contributed by atoms with Gasteiger partial charge in [0.25, 0.3) is 0 Å². The van der Waals surface area contributed by atoms with Gasteiger partial charge in [0.2, 0.25) is 0 Å². The number of methoxy groups -OCH3 is 2. The Bertz CT molecular complexity index is 141. The smallest absolute Gasteiger partial charge is 0.0725 e. The predicted molar refractivity (Wildman–Crippen MR) is 52.9 cm³/mol. The van der Waals surface area contributed by atoms with Crippen LogP contribution in [0.4, 0.5) is 0 Å². The number of hydrogen-bond donors (Lipinski definition) is 1. The summed E-state index contributed by atoms with van der Waals surface area (Å²) in [6.45, 7) is 3.21. The third-order valence-electron chi connectivity index (χ3n) is 2.81. The van der Waals surface area contributed by atoms with Crippen molar-refractivity contribution >= 4 is 0 Å². The van der Waals surface area contributed by atoms with Crippen molar-refractivity contribution in [2.45, 2.75) is 44.4 Å². The van der Waals surface area contributed by atoms with Crippen molar-refractivity contribution in [1.29, 1.82) is 0 Å². The van der Waals surface area contributed by atoms with Crippen molar-refractivity contribution in [3.05, 3.63) is 0 Å². The molecule has 1 aliphatic rings. The largest absolute Gasteiger partial charge is 0.382 e. The van der Waals surface area contributed by atoms with Crippen LogP contribution >= 0.6 is 0 Å². The normalized spacial score (nSPS) is 31.6.